The average Bonchev–Trinajstić information content (AvgIpc) is 3.22. The van der Waals surface area contributed by atoms with Crippen molar-refractivity contribution in [2.24, 2.45) is 0 Å². The fourth-order valence-corrected chi connectivity index (χ4v) is 7.98. The normalized spacial score (nSPS) is 11.3. The van der Waals surface area contributed by atoms with E-state index in [1.807, 2.05) is 0 Å². The lowest BCUT2D eigenvalue weighted by Gasteiger charge is -2.14. The van der Waals surface area contributed by atoms with Crippen LogP contribution in [0.5, 0.6) is 5.75 Å². The molecular formula is C52H96N2O3. The molecule has 0 fully saturated rings. The lowest BCUT2D eigenvalue weighted by molar-refractivity contribution is 0.0937. The Bertz CT molecular complexity index is 1030. The molecule has 0 aromatic heterocycles. The molecule has 1 aromatic rings. The van der Waals surface area contributed by atoms with Crippen LogP contribution in [0.1, 0.15) is 285 Å². The third kappa shape index (κ3) is 33.5. The summed E-state index contributed by atoms with van der Waals surface area (Å²) in [5, 5.41) is 6.26. The summed E-state index contributed by atoms with van der Waals surface area (Å²) in [5.41, 5.74) is 1.11. The quantitative estimate of drug-likeness (QED) is 0.0646. The van der Waals surface area contributed by atoms with Crippen LogP contribution in [0.3, 0.4) is 0 Å². The van der Waals surface area contributed by atoms with Gasteiger partial charge >= 0.3 is 0 Å². The van der Waals surface area contributed by atoms with Crippen LogP contribution >= 0.6 is 0 Å². The Morgan fingerprint density at radius 1 is 0.386 bits per heavy atom. The van der Waals surface area contributed by atoms with Crippen molar-refractivity contribution >= 4 is 11.8 Å². The summed E-state index contributed by atoms with van der Waals surface area (Å²) in [6, 6.07) is 5.37. The minimum Gasteiger partial charge on any atom is -0.493 e. The largest absolute Gasteiger partial charge is 0.493 e. The monoisotopic (exact) mass is 797 g/mol. The molecule has 0 aliphatic rings. The summed E-state index contributed by atoms with van der Waals surface area (Å²) in [5.74, 6) is 0.357. The molecule has 2 N–H and O–H groups in total. The maximum absolute atomic E-state index is 13.3. The summed E-state index contributed by atoms with van der Waals surface area (Å²) in [6.45, 7) is 8.77. The van der Waals surface area contributed by atoms with Gasteiger partial charge in [0.15, 0.2) is 0 Å². The van der Waals surface area contributed by atoms with Gasteiger partial charge in [0.2, 0.25) is 0 Å². The zero-order valence-electron chi connectivity index (χ0n) is 38.4. The number of carbonyl (C=O) groups is 2. The highest BCUT2D eigenvalue weighted by molar-refractivity contribution is 6.00. The van der Waals surface area contributed by atoms with Crippen molar-refractivity contribution < 1.29 is 14.3 Å². The van der Waals surface area contributed by atoms with E-state index in [2.05, 4.69) is 31.4 Å². The van der Waals surface area contributed by atoms with Crippen LogP contribution < -0.4 is 15.4 Å². The van der Waals surface area contributed by atoms with Crippen molar-refractivity contribution in [3.8, 4) is 5.75 Å². The number of hydrogen-bond acceptors (Lipinski definition) is 3. The molecule has 0 aliphatic carbocycles. The molecule has 0 saturated carbocycles. The van der Waals surface area contributed by atoms with Crippen molar-refractivity contribution in [2.75, 3.05) is 19.7 Å². The molecule has 57 heavy (non-hydrogen) atoms. The Kier molecular flexibility index (Phi) is 39.1. The first-order valence-corrected chi connectivity index (χ1v) is 25.5. The second-order valence-electron chi connectivity index (χ2n) is 17.4. The molecule has 2 amide bonds. The molecule has 0 aliphatic heterocycles. The van der Waals surface area contributed by atoms with E-state index in [4.69, 9.17) is 4.74 Å². The van der Waals surface area contributed by atoms with E-state index in [0.29, 0.717) is 36.6 Å². The van der Waals surface area contributed by atoms with E-state index in [1.54, 1.807) is 18.2 Å². The van der Waals surface area contributed by atoms with Gasteiger partial charge < -0.3 is 15.4 Å². The molecule has 1 rings (SSSR count). The fraction of sp³-hybridized carbons (Fsp3) is 0.846. The number of carbonyl (C=O) groups excluding carboxylic acids is 2. The Labute approximate surface area is 355 Å². The summed E-state index contributed by atoms with van der Waals surface area (Å²) < 4.78 is 6.26. The number of nitrogens with one attached hydrogen (secondary N) is 2. The van der Waals surface area contributed by atoms with Crippen LogP contribution in [0.15, 0.2) is 18.2 Å². The zero-order valence-corrected chi connectivity index (χ0v) is 38.4. The molecule has 0 bridgehead atoms. The number of rotatable bonds is 44. The highest BCUT2D eigenvalue weighted by Crippen LogP contribution is 2.22. The first kappa shape index (κ1) is 53.0. The maximum Gasteiger partial charge on any atom is 0.255 e. The lowest BCUT2D eigenvalue weighted by Crippen LogP contribution is -2.26. The smallest absolute Gasteiger partial charge is 0.255 e. The van der Waals surface area contributed by atoms with Crippen LogP contribution in [0.4, 0.5) is 0 Å². The number of unbranched alkanes of at least 4 members (excludes halogenated alkanes) is 35. The minimum atomic E-state index is -0.0996. The molecule has 0 saturated heterocycles. The van der Waals surface area contributed by atoms with Gasteiger partial charge in [0.05, 0.1) is 12.2 Å². The van der Waals surface area contributed by atoms with Crippen LogP contribution in [0.25, 0.3) is 0 Å². The summed E-state index contributed by atoms with van der Waals surface area (Å²) >= 11 is 0. The van der Waals surface area contributed by atoms with Crippen molar-refractivity contribution in [2.45, 2.75) is 265 Å². The Morgan fingerprint density at radius 2 is 0.684 bits per heavy atom. The molecule has 0 spiro atoms. The molecule has 5 nitrogen and oxygen atoms in total. The van der Waals surface area contributed by atoms with Crippen molar-refractivity contribution in [1.82, 2.24) is 10.6 Å². The van der Waals surface area contributed by atoms with Crippen LogP contribution in [0, 0.1) is 0 Å². The van der Waals surface area contributed by atoms with Gasteiger partial charge in [-0.2, -0.15) is 0 Å². The van der Waals surface area contributed by atoms with Gasteiger partial charge in [-0.15, -0.1) is 0 Å². The summed E-state index contributed by atoms with van der Waals surface area (Å²) in [4.78, 5) is 26.5. The summed E-state index contributed by atoms with van der Waals surface area (Å²) in [6.07, 6.45) is 49.8. The van der Waals surface area contributed by atoms with E-state index in [-0.39, 0.29) is 11.8 Å². The predicted molar refractivity (Wildman–Crippen MR) is 249 cm³/mol. The van der Waals surface area contributed by atoms with E-state index in [0.717, 1.165) is 38.5 Å². The number of ether oxygens (including phenoxy) is 1. The second-order valence-corrected chi connectivity index (χ2v) is 17.4. The molecule has 0 atom stereocenters. The van der Waals surface area contributed by atoms with Crippen molar-refractivity contribution in [1.29, 1.82) is 0 Å². The van der Waals surface area contributed by atoms with Gasteiger partial charge in [-0.3, -0.25) is 9.59 Å². The van der Waals surface area contributed by atoms with Gasteiger partial charge in [-0.1, -0.05) is 245 Å². The lowest BCUT2D eigenvalue weighted by atomic mass is 10.0. The van der Waals surface area contributed by atoms with Crippen molar-refractivity contribution in [3.63, 3.8) is 0 Å². The first-order valence-electron chi connectivity index (χ1n) is 25.5. The Hall–Kier alpha value is -2.04. The van der Waals surface area contributed by atoms with E-state index < -0.39 is 0 Å². The molecule has 332 valence electrons. The van der Waals surface area contributed by atoms with Crippen LogP contribution in [-0.4, -0.2) is 31.5 Å². The van der Waals surface area contributed by atoms with Crippen LogP contribution in [-0.2, 0) is 0 Å². The third-order valence-electron chi connectivity index (χ3n) is 11.9. The first-order chi connectivity index (χ1) is 28.1. The number of benzene rings is 1. The highest BCUT2D eigenvalue weighted by Gasteiger charge is 2.16. The predicted octanol–water partition coefficient (Wildman–Crippen LogP) is 16.4. The second kappa shape index (κ2) is 42.1. The zero-order chi connectivity index (χ0) is 41.1. The molecular weight excluding hydrogens is 701 g/mol. The third-order valence-corrected chi connectivity index (χ3v) is 11.9. The molecule has 5 heteroatoms. The van der Waals surface area contributed by atoms with Gasteiger partial charge in [0.25, 0.3) is 11.8 Å². The summed E-state index contributed by atoms with van der Waals surface area (Å²) in [7, 11) is 0. The molecule has 1 aromatic carbocycles. The standard InChI is InChI=1S/C52H96N2O3/c1-4-7-10-13-16-19-22-25-26-29-32-35-38-41-46-57-50-47-48(51(55)53-44-39-36-33-30-27-23-20-17-14-11-8-5-2)42-43-49(50)52(56)54-45-40-37-34-31-28-24-21-18-15-12-9-6-3/h42-43,47H,4-41,44-46H2,1-3H3,(H,53,55)(H,54,56). The van der Waals surface area contributed by atoms with Gasteiger partial charge in [-0.05, 0) is 37.5 Å². The van der Waals surface area contributed by atoms with E-state index in [1.165, 1.54) is 205 Å². The average molecular weight is 797 g/mol. The highest BCUT2D eigenvalue weighted by atomic mass is 16.5. The van der Waals surface area contributed by atoms with Gasteiger partial charge in [0, 0.05) is 18.7 Å². The topological polar surface area (TPSA) is 67.4 Å². The SMILES string of the molecule is CCCCCCCCCCCCCCCCOc1cc(C(=O)NCCCCCCCCCCCCCC)ccc1C(=O)NCCCCCCCCCCCCCC. The molecule has 0 radical (unpaired) electrons. The fourth-order valence-electron chi connectivity index (χ4n) is 7.98. The maximum atomic E-state index is 13.3. The number of hydrogen-bond donors (Lipinski definition) is 2. The van der Waals surface area contributed by atoms with Gasteiger partial charge in [-0.25, -0.2) is 0 Å². The Balaban J connectivity index is 2.42. The van der Waals surface area contributed by atoms with Crippen LogP contribution in [0.2, 0.25) is 0 Å². The van der Waals surface area contributed by atoms with E-state index >= 15 is 0 Å². The number of amides is 2. The minimum absolute atomic E-state index is 0.0807. The van der Waals surface area contributed by atoms with Gasteiger partial charge in [0.1, 0.15) is 5.75 Å². The molecule has 0 unspecified atom stereocenters. The Morgan fingerprint density at radius 3 is 1.04 bits per heavy atom. The van der Waals surface area contributed by atoms with E-state index in [9.17, 15) is 9.59 Å². The molecule has 0 heterocycles. The van der Waals surface area contributed by atoms with Crippen molar-refractivity contribution in [3.05, 3.63) is 29.3 Å².